The van der Waals surface area contributed by atoms with Crippen LogP contribution in [0, 0.1) is 10.1 Å². The van der Waals surface area contributed by atoms with Crippen molar-refractivity contribution in [1.29, 1.82) is 0 Å². The summed E-state index contributed by atoms with van der Waals surface area (Å²) in [6, 6.07) is 4.17. The minimum atomic E-state index is -0.571. The van der Waals surface area contributed by atoms with Crippen molar-refractivity contribution in [2.45, 2.75) is 90.6 Å². The smallest absolute Gasteiger partial charge is 0.306 e. The number of nitro groups is 1. The van der Waals surface area contributed by atoms with E-state index in [1.807, 2.05) is 0 Å². The lowest BCUT2D eigenvalue weighted by Crippen LogP contribution is -2.09. The highest BCUT2D eigenvalue weighted by Crippen LogP contribution is 2.24. The highest BCUT2D eigenvalue weighted by molar-refractivity contribution is 6.30. The number of benzene rings is 1. The molecule has 1 aromatic carbocycles. The Morgan fingerprint density at radius 1 is 0.903 bits per heavy atom. The predicted molar refractivity (Wildman–Crippen MR) is 120 cm³/mol. The van der Waals surface area contributed by atoms with Gasteiger partial charge in [-0.3, -0.25) is 19.7 Å². The van der Waals surface area contributed by atoms with Crippen LogP contribution in [-0.2, 0) is 25.7 Å². The van der Waals surface area contributed by atoms with Crippen LogP contribution in [0.3, 0.4) is 0 Å². The number of carbonyl (C=O) groups is 2. The van der Waals surface area contributed by atoms with Gasteiger partial charge in [0.2, 0.25) is 0 Å². The molecule has 0 aliphatic rings. The van der Waals surface area contributed by atoms with E-state index < -0.39 is 10.9 Å². The first-order valence-electron chi connectivity index (χ1n) is 11.2. The maximum atomic E-state index is 11.8. The SMILES string of the molecule is CCCCCCCCCCCOC(=O)CCCC(=O)OCc1ccc(Cl)cc1[N+](=O)[O-]. The first kappa shape index (κ1) is 26.9. The van der Waals surface area contributed by atoms with Gasteiger partial charge in [0.15, 0.2) is 0 Å². The number of hydrogen-bond acceptors (Lipinski definition) is 6. The average molecular weight is 456 g/mol. The van der Waals surface area contributed by atoms with Crippen LogP contribution in [0.25, 0.3) is 0 Å². The maximum Gasteiger partial charge on any atom is 0.306 e. The summed E-state index contributed by atoms with van der Waals surface area (Å²) in [7, 11) is 0. The van der Waals surface area contributed by atoms with Crippen LogP contribution in [0.15, 0.2) is 18.2 Å². The third-order valence-corrected chi connectivity index (χ3v) is 5.14. The number of esters is 2. The Morgan fingerprint density at radius 2 is 1.48 bits per heavy atom. The number of nitrogens with zero attached hydrogens (tertiary/aromatic N) is 1. The van der Waals surface area contributed by atoms with Crippen LogP contribution >= 0.6 is 11.6 Å². The van der Waals surface area contributed by atoms with Crippen molar-refractivity contribution in [3.05, 3.63) is 38.9 Å². The summed E-state index contributed by atoms with van der Waals surface area (Å²) in [6.07, 6.45) is 11.3. The molecule has 1 rings (SSSR count). The molecule has 0 aliphatic carbocycles. The molecule has 174 valence electrons. The van der Waals surface area contributed by atoms with Crippen LogP contribution in [-0.4, -0.2) is 23.5 Å². The Kier molecular flexibility index (Phi) is 14.3. The molecule has 0 fully saturated rings. The van der Waals surface area contributed by atoms with Crippen molar-refractivity contribution in [3.8, 4) is 0 Å². The second-order valence-corrected chi connectivity index (χ2v) is 8.03. The molecule has 0 amide bonds. The Balaban J connectivity index is 2.07. The van der Waals surface area contributed by atoms with Crippen molar-refractivity contribution in [2.75, 3.05) is 6.61 Å². The maximum absolute atomic E-state index is 11.8. The van der Waals surface area contributed by atoms with Gasteiger partial charge in [-0.2, -0.15) is 0 Å². The Morgan fingerprint density at radius 3 is 2.10 bits per heavy atom. The largest absolute Gasteiger partial charge is 0.466 e. The van der Waals surface area contributed by atoms with Gasteiger partial charge in [-0.1, -0.05) is 69.9 Å². The summed E-state index contributed by atoms with van der Waals surface area (Å²) in [5.74, 6) is -0.836. The molecule has 7 nitrogen and oxygen atoms in total. The lowest BCUT2D eigenvalue weighted by atomic mass is 10.1. The van der Waals surface area contributed by atoms with Crippen LogP contribution in [0.1, 0.15) is 89.5 Å². The van der Waals surface area contributed by atoms with Gasteiger partial charge in [-0.05, 0) is 25.0 Å². The molecule has 0 atom stereocenters. The summed E-state index contributed by atoms with van der Waals surface area (Å²) in [6.45, 7) is 2.42. The van der Waals surface area contributed by atoms with E-state index in [1.54, 1.807) is 0 Å². The van der Waals surface area contributed by atoms with E-state index in [-0.39, 0.29) is 41.7 Å². The Labute approximate surface area is 189 Å². The summed E-state index contributed by atoms with van der Waals surface area (Å²) in [5, 5.41) is 11.3. The van der Waals surface area contributed by atoms with E-state index in [0.717, 1.165) is 12.8 Å². The number of unbranched alkanes of at least 4 members (excludes halogenated alkanes) is 8. The highest BCUT2D eigenvalue weighted by atomic mass is 35.5. The quantitative estimate of drug-likeness (QED) is 0.114. The molecule has 1 aromatic rings. The molecule has 0 unspecified atom stereocenters. The summed E-state index contributed by atoms with van der Waals surface area (Å²) < 4.78 is 10.3. The lowest BCUT2D eigenvalue weighted by Gasteiger charge is -2.07. The summed E-state index contributed by atoms with van der Waals surface area (Å²) in [5.41, 5.74) is 0.0727. The zero-order chi connectivity index (χ0) is 22.9. The molecule has 0 bridgehead atoms. The van der Waals surface area contributed by atoms with Gasteiger partial charge in [0.25, 0.3) is 5.69 Å². The third-order valence-electron chi connectivity index (χ3n) is 4.91. The first-order chi connectivity index (χ1) is 14.9. The lowest BCUT2D eigenvalue weighted by molar-refractivity contribution is -0.385. The van der Waals surface area contributed by atoms with Gasteiger partial charge in [0.1, 0.15) is 6.61 Å². The van der Waals surface area contributed by atoms with E-state index in [1.165, 1.54) is 63.1 Å². The van der Waals surface area contributed by atoms with Crippen LogP contribution < -0.4 is 0 Å². The zero-order valence-electron chi connectivity index (χ0n) is 18.4. The Hall–Kier alpha value is -2.15. The van der Waals surface area contributed by atoms with Gasteiger partial charge >= 0.3 is 11.9 Å². The topological polar surface area (TPSA) is 95.7 Å². The first-order valence-corrected chi connectivity index (χ1v) is 11.6. The molecular weight excluding hydrogens is 422 g/mol. The fourth-order valence-electron chi connectivity index (χ4n) is 3.11. The molecule has 0 aromatic heterocycles. The van der Waals surface area contributed by atoms with Gasteiger partial charge in [0.05, 0.1) is 17.1 Å². The molecule has 0 N–H and O–H groups in total. The standard InChI is InChI=1S/C23H34ClNO6/c1-2-3-4-5-6-7-8-9-10-16-30-22(26)12-11-13-23(27)31-18-19-14-15-20(24)17-21(19)25(28)29/h14-15,17H,2-13,16,18H2,1H3. The Bertz CT molecular complexity index is 695. The summed E-state index contributed by atoms with van der Waals surface area (Å²) in [4.78, 5) is 34.0. The molecular formula is C23H34ClNO6. The van der Waals surface area contributed by atoms with E-state index in [0.29, 0.717) is 13.0 Å². The molecule has 0 aliphatic heterocycles. The molecule has 8 heteroatoms. The van der Waals surface area contributed by atoms with Crippen LogP contribution in [0.5, 0.6) is 0 Å². The van der Waals surface area contributed by atoms with Gasteiger partial charge in [-0.25, -0.2) is 0 Å². The fourth-order valence-corrected chi connectivity index (χ4v) is 3.27. The minimum Gasteiger partial charge on any atom is -0.466 e. The van der Waals surface area contributed by atoms with Gasteiger partial charge in [-0.15, -0.1) is 0 Å². The van der Waals surface area contributed by atoms with E-state index >= 15 is 0 Å². The third kappa shape index (κ3) is 13.0. The van der Waals surface area contributed by atoms with E-state index in [2.05, 4.69) is 6.92 Å². The fraction of sp³-hybridized carbons (Fsp3) is 0.652. The number of ether oxygens (including phenoxy) is 2. The van der Waals surface area contributed by atoms with Crippen molar-refractivity contribution in [3.63, 3.8) is 0 Å². The van der Waals surface area contributed by atoms with Crippen LogP contribution in [0.2, 0.25) is 5.02 Å². The molecule has 0 saturated carbocycles. The molecule has 0 radical (unpaired) electrons. The molecule has 0 saturated heterocycles. The highest BCUT2D eigenvalue weighted by Gasteiger charge is 2.16. The second-order valence-electron chi connectivity index (χ2n) is 7.59. The van der Waals surface area contributed by atoms with Gasteiger partial charge < -0.3 is 9.47 Å². The van der Waals surface area contributed by atoms with Crippen molar-refractivity contribution in [1.82, 2.24) is 0 Å². The molecule has 31 heavy (non-hydrogen) atoms. The van der Waals surface area contributed by atoms with Crippen molar-refractivity contribution >= 4 is 29.2 Å². The predicted octanol–water partition coefficient (Wildman–Crippen LogP) is 6.54. The molecule has 0 heterocycles. The number of hydrogen-bond donors (Lipinski definition) is 0. The molecule has 0 spiro atoms. The normalized spacial score (nSPS) is 10.6. The number of nitro benzene ring substituents is 1. The van der Waals surface area contributed by atoms with E-state index in [4.69, 9.17) is 21.1 Å². The minimum absolute atomic E-state index is 0.0501. The zero-order valence-corrected chi connectivity index (χ0v) is 19.2. The van der Waals surface area contributed by atoms with Crippen molar-refractivity contribution in [2.24, 2.45) is 0 Å². The van der Waals surface area contributed by atoms with Gasteiger partial charge in [0, 0.05) is 23.9 Å². The summed E-state index contributed by atoms with van der Waals surface area (Å²) >= 11 is 5.75. The monoisotopic (exact) mass is 455 g/mol. The second kappa shape index (κ2) is 16.5. The van der Waals surface area contributed by atoms with E-state index in [9.17, 15) is 19.7 Å². The number of rotatable bonds is 17. The van der Waals surface area contributed by atoms with Crippen molar-refractivity contribution < 1.29 is 24.0 Å². The van der Waals surface area contributed by atoms with Crippen LogP contribution in [0.4, 0.5) is 5.69 Å². The number of carbonyl (C=O) groups excluding carboxylic acids is 2. The number of halogens is 1. The average Bonchev–Trinajstić information content (AvgIpc) is 2.74.